The first-order valence-electron chi connectivity index (χ1n) is 5.77. The zero-order valence-electron chi connectivity index (χ0n) is 9.76. The lowest BCUT2D eigenvalue weighted by Crippen LogP contribution is -2.29. The lowest BCUT2D eigenvalue weighted by Gasteiger charge is -2.24. The van der Waals surface area contributed by atoms with Gasteiger partial charge in [-0.05, 0) is 28.5 Å². The summed E-state index contributed by atoms with van der Waals surface area (Å²) in [6, 6.07) is 7.86. The molecule has 3 N–H and O–H groups in total. The Balaban J connectivity index is 2.05. The van der Waals surface area contributed by atoms with Crippen LogP contribution in [0.15, 0.2) is 35.0 Å². The first-order chi connectivity index (χ1) is 8.90. The number of para-hydroxylation sites is 1. The lowest BCUT2D eigenvalue weighted by molar-refractivity contribution is 0.169. The first kappa shape index (κ1) is 11.5. The Kier molecular flexibility index (Phi) is 3.19. The van der Waals surface area contributed by atoms with Crippen molar-refractivity contribution in [2.45, 2.75) is 6.04 Å². The van der Waals surface area contributed by atoms with Crippen LogP contribution < -0.4 is 20.7 Å². The summed E-state index contributed by atoms with van der Waals surface area (Å²) in [5, 5.41) is 4.11. The highest BCUT2D eigenvalue weighted by molar-refractivity contribution is 7.08. The molecule has 0 aliphatic carbocycles. The number of ether oxygens (including phenoxy) is 2. The standard InChI is InChI=1S/C13H14N2O2S/c14-15-12(9-4-7-18-8-9)10-2-1-3-11-13(10)17-6-5-16-11/h1-4,7-8,12,15H,5-6,14H2. The second-order valence-corrected chi connectivity index (χ2v) is 4.81. The van der Waals surface area contributed by atoms with Crippen molar-refractivity contribution < 1.29 is 9.47 Å². The van der Waals surface area contributed by atoms with Gasteiger partial charge in [-0.15, -0.1) is 0 Å². The third-order valence-electron chi connectivity index (χ3n) is 2.95. The summed E-state index contributed by atoms with van der Waals surface area (Å²) in [7, 11) is 0. The summed E-state index contributed by atoms with van der Waals surface area (Å²) in [6.07, 6.45) is 0. The summed E-state index contributed by atoms with van der Waals surface area (Å²) >= 11 is 1.65. The number of thiophene rings is 1. The van der Waals surface area contributed by atoms with Crippen LogP contribution in [0.1, 0.15) is 17.2 Å². The molecule has 3 rings (SSSR count). The fourth-order valence-electron chi connectivity index (χ4n) is 2.13. The summed E-state index contributed by atoms with van der Waals surface area (Å²) in [5.41, 5.74) is 4.98. The van der Waals surface area contributed by atoms with Crippen LogP contribution >= 0.6 is 11.3 Å². The average Bonchev–Trinajstić information content (AvgIpc) is 2.94. The molecular weight excluding hydrogens is 248 g/mol. The maximum absolute atomic E-state index is 5.72. The van der Waals surface area contributed by atoms with Crippen molar-refractivity contribution >= 4 is 11.3 Å². The van der Waals surface area contributed by atoms with Gasteiger partial charge in [-0.3, -0.25) is 5.84 Å². The SMILES string of the molecule is NNC(c1ccsc1)c1cccc2c1OCCO2. The molecule has 1 aromatic heterocycles. The Labute approximate surface area is 109 Å². The molecule has 0 spiro atoms. The molecule has 18 heavy (non-hydrogen) atoms. The van der Waals surface area contributed by atoms with Crippen LogP contribution in [0, 0.1) is 0 Å². The van der Waals surface area contributed by atoms with E-state index in [4.69, 9.17) is 15.3 Å². The van der Waals surface area contributed by atoms with Crippen LogP contribution in [-0.2, 0) is 0 Å². The van der Waals surface area contributed by atoms with Crippen LogP contribution in [0.25, 0.3) is 0 Å². The number of hydrazine groups is 1. The van der Waals surface area contributed by atoms with Crippen LogP contribution in [0.5, 0.6) is 11.5 Å². The predicted octanol–water partition coefficient (Wildman–Crippen LogP) is 2.07. The second-order valence-electron chi connectivity index (χ2n) is 4.03. The Morgan fingerprint density at radius 2 is 2.11 bits per heavy atom. The highest BCUT2D eigenvalue weighted by atomic mass is 32.1. The van der Waals surface area contributed by atoms with Crippen molar-refractivity contribution in [2.24, 2.45) is 5.84 Å². The molecule has 1 atom stereocenters. The highest BCUT2D eigenvalue weighted by Crippen LogP contribution is 2.39. The van der Waals surface area contributed by atoms with Gasteiger partial charge in [-0.25, -0.2) is 5.43 Å². The van der Waals surface area contributed by atoms with E-state index in [0.717, 1.165) is 22.6 Å². The van der Waals surface area contributed by atoms with Gasteiger partial charge in [0.2, 0.25) is 0 Å². The number of nitrogens with two attached hydrogens (primary N) is 1. The van der Waals surface area contributed by atoms with Crippen LogP contribution in [0.4, 0.5) is 0 Å². The normalized spacial score (nSPS) is 15.4. The Morgan fingerprint density at radius 3 is 2.89 bits per heavy atom. The van der Waals surface area contributed by atoms with E-state index < -0.39 is 0 Å². The molecular formula is C13H14N2O2S. The summed E-state index contributed by atoms with van der Waals surface area (Å²) < 4.78 is 11.3. The Bertz CT molecular complexity index is 528. The summed E-state index contributed by atoms with van der Waals surface area (Å²) in [6.45, 7) is 1.17. The number of fused-ring (bicyclic) bond motifs is 1. The molecule has 1 unspecified atom stereocenters. The summed E-state index contributed by atoms with van der Waals surface area (Å²) in [5.74, 6) is 7.26. The fourth-order valence-corrected chi connectivity index (χ4v) is 2.81. The number of rotatable bonds is 3. The highest BCUT2D eigenvalue weighted by Gasteiger charge is 2.22. The van der Waals surface area contributed by atoms with Crippen molar-refractivity contribution in [1.29, 1.82) is 0 Å². The molecule has 0 amide bonds. The molecule has 0 radical (unpaired) electrons. The van der Waals surface area contributed by atoms with Gasteiger partial charge in [0.15, 0.2) is 11.5 Å². The van der Waals surface area contributed by atoms with Crippen molar-refractivity contribution in [3.8, 4) is 11.5 Å². The number of nitrogens with one attached hydrogen (secondary N) is 1. The molecule has 1 aliphatic heterocycles. The van der Waals surface area contributed by atoms with Gasteiger partial charge in [0.1, 0.15) is 13.2 Å². The quantitative estimate of drug-likeness (QED) is 0.657. The Morgan fingerprint density at radius 1 is 1.22 bits per heavy atom. The van der Waals surface area contributed by atoms with E-state index in [1.807, 2.05) is 23.6 Å². The van der Waals surface area contributed by atoms with Gasteiger partial charge in [-0.2, -0.15) is 11.3 Å². The van der Waals surface area contributed by atoms with E-state index in [1.54, 1.807) is 11.3 Å². The molecule has 2 aromatic rings. The van der Waals surface area contributed by atoms with Crippen molar-refractivity contribution in [1.82, 2.24) is 5.43 Å². The number of hydrogen-bond donors (Lipinski definition) is 2. The van der Waals surface area contributed by atoms with Crippen LogP contribution in [0.2, 0.25) is 0 Å². The van der Waals surface area contributed by atoms with Crippen molar-refractivity contribution in [2.75, 3.05) is 13.2 Å². The monoisotopic (exact) mass is 262 g/mol. The van der Waals surface area contributed by atoms with E-state index in [2.05, 4.69) is 16.9 Å². The maximum Gasteiger partial charge on any atom is 0.166 e. The smallest absolute Gasteiger partial charge is 0.166 e. The van der Waals surface area contributed by atoms with Crippen molar-refractivity contribution in [3.05, 3.63) is 46.2 Å². The van der Waals surface area contributed by atoms with Crippen LogP contribution in [0.3, 0.4) is 0 Å². The molecule has 1 aromatic carbocycles. The number of hydrogen-bond acceptors (Lipinski definition) is 5. The zero-order valence-corrected chi connectivity index (χ0v) is 10.6. The third kappa shape index (κ3) is 1.96. The minimum Gasteiger partial charge on any atom is -0.486 e. The molecule has 0 saturated carbocycles. The number of benzene rings is 1. The first-order valence-corrected chi connectivity index (χ1v) is 6.71. The van der Waals surface area contributed by atoms with E-state index in [1.165, 1.54) is 0 Å². The van der Waals surface area contributed by atoms with Crippen molar-refractivity contribution in [3.63, 3.8) is 0 Å². The molecule has 4 nitrogen and oxygen atoms in total. The molecule has 1 aliphatic rings. The van der Waals surface area contributed by atoms with E-state index >= 15 is 0 Å². The minimum atomic E-state index is -0.0760. The molecule has 5 heteroatoms. The zero-order chi connectivity index (χ0) is 12.4. The fraction of sp³-hybridized carbons (Fsp3) is 0.231. The molecule has 0 saturated heterocycles. The summed E-state index contributed by atoms with van der Waals surface area (Å²) in [4.78, 5) is 0. The van der Waals surface area contributed by atoms with Gasteiger partial charge in [-0.1, -0.05) is 12.1 Å². The molecule has 94 valence electrons. The second kappa shape index (κ2) is 4.97. The van der Waals surface area contributed by atoms with E-state index in [-0.39, 0.29) is 6.04 Å². The minimum absolute atomic E-state index is 0.0760. The third-order valence-corrected chi connectivity index (χ3v) is 3.65. The van der Waals surface area contributed by atoms with Crippen LogP contribution in [-0.4, -0.2) is 13.2 Å². The lowest BCUT2D eigenvalue weighted by atomic mass is 10.0. The van der Waals surface area contributed by atoms with Gasteiger partial charge in [0.05, 0.1) is 6.04 Å². The average molecular weight is 262 g/mol. The molecule has 2 heterocycles. The van der Waals surface area contributed by atoms with E-state index in [0.29, 0.717) is 13.2 Å². The molecule has 0 bridgehead atoms. The largest absolute Gasteiger partial charge is 0.486 e. The van der Waals surface area contributed by atoms with Gasteiger partial charge < -0.3 is 9.47 Å². The Hall–Kier alpha value is -1.56. The maximum atomic E-state index is 5.72. The van der Waals surface area contributed by atoms with Gasteiger partial charge >= 0.3 is 0 Å². The van der Waals surface area contributed by atoms with Gasteiger partial charge in [0, 0.05) is 5.56 Å². The topological polar surface area (TPSA) is 56.5 Å². The van der Waals surface area contributed by atoms with Gasteiger partial charge in [0.25, 0.3) is 0 Å². The van der Waals surface area contributed by atoms with E-state index in [9.17, 15) is 0 Å². The predicted molar refractivity (Wildman–Crippen MR) is 70.9 cm³/mol. The molecule has 0 fully saturated rings.